The summed E-state index contributed by atoms with van der Waals surface area (Å²) < 4.78 is 0. The van der Waals surface area contributed by atoms with E-state index < -0.39 is 18.0 Å². The topological polar surface area (TPSA) is 104 Å². The number of aliphatic hydroxyl groups excluding tert-OH is 1. The van der Waals surface area contributed by atoms with Crippen LogP contribution in [0.4, 0.5) is 0 Å². The highest BCUT2D eigenvalue weighted by Crippen LogP contribution is 2.47. The minimum atomic E-state index is -1.11. The maximum atomic E-state index is 11.9. The highest BCUT2D eigenvalue weighted by atomic mass is 32.2. The van der Waals surface area contributed by atoms with E-state index in [0.717, 1.165) is 0 Å². The smallest absolute Gasteiger partial charge is 0.353 e. The molecule has 2 aliphatic rings. The third-order valence-electron chi connectivity index (χ3n) is 3.33. The van der Waals surface area contributed by atoms with E-state index in [4.69, 9.17) is 5.73 Å². The number of hydrogen-bond acceptors (Lipinski definition) is 5. The van der Waals surface area contributed by atoms with Gasteiger partial charge in [-0.25, -0.2) is 4.79 Å². The lowest BCUT2D eigenvalue weighted by Gasteiger charge is -2.44. The third-order valence-corrected chi connectivity index (χ3v) is 4.31. The molecule has 0 unspecified atom stereocenters. The van der Waals surface area contributed by atoms with Crippen LogP contribution in [0.3, 0.4) is 0 Å². The minimum absolute atomic E-state index is 0.0403. The first kappa shape index (κ1) is 14.1. The number of thioether (sulfide) groups is 1. The fraction of sp³-hybridized carbons (Fsp3) is 0.500. The fourth-order valence-corrected chi connectivity index (χ4v) is 3.46. The summed E-state index contributed by atoms with van der Waals surface area (Å²) in [4.78, 5) is 25.1. The number of amides is 1. The van der Waals surface area contributed by atoms with Crippen LogP contribution in [0.5, 0.6) is 0 Å². The molecule has 1 fully saturated rings. The monoisotopic (exact) mass is 284 g/mol. The second-order valence-corrected chi connectivity index (χ2v) is 5.55. The number of β-lactam (4-membered cyclic amide) rings is 1. The van der Waals surface area contributed by atoms with Crippen LogP contribution in [0.15, 0.2) is 22.1 Å². The number of carboxylic acids is 1. The summed E-state index contributed by atoms with van der Waals surface area (Å²) in [5.41, 5.74) is 5.37. The Hall–Kier alpha value is -1.31. The Kier molecular flexibility index (Phi) is 3.98. The molecule has 4 N–H and O–H groups in total. The van der Waals surface area contributed by atoms with Gasteiger partial charge in [-0.15, -0.1) is 11.8 Å². The summed E-state index contributed by atoms with van der Waals surface area (Å²) in [6, 6.07) is -0.229. The Labute approximate surface area is 114 Å². The zero-order chi connectivity index (χ0) is 14.2. The molecule has 0 aliphatic carbocycles. The van der Waals surface area contributed by atoms with Gasteiger partial charge in [-0.3, -0.25) is 4.79 Å². The number of carbonyl (C=O) groups is 2. The van der Waals surface area contributed by atoms with Crippen molar-refractivity contribution in [1.29, 1.82) is 0 Å². The first-order chi connectivity index (χ1) is 8.99. The molecule has 0 bridgehead atoms. The van der Waals surface area contributed by atoms with Crippen LogP contribution in [0.1, 0.15) is 13.3 Å². The molecule has 0 spiro atoms. The summed E-state index contributed by atoms with van der Waals surface area (Å²) in [6.45, 7) is 1.94. The number of aliphatic carboxylic acids is 1. The summed E-state index contributed by atoms with van der Waals surface area (Å²) in [6.07, 6.45) is 1.44. The lowest BCUT2D eigenvalue weighted by molar-refractivity contribution is -0.161. The van der Waals surface area contributed by atoms with Gasteiger partial charge in [0.2, 0.25) is 5.91 Å². The summed E-state index contributed by atoms with van der Waals surface area (Å²) in [5, 5.41) is 20.5. The normalized spacial score (nSPS) is 27.7. The van der Waals surface area contributed by atoms with Crippen LogP contribution in [0, 0.1) is 5.92 Å². The summed E-state index contributed by atoms with van der Waals surface area (Å²) >= 11 is 1.27. The van der Waals surface area contributed by atoms with Gasteiger partial charge in [-0.1, -0.05) is 6.08 Å². The molecular formula is C12H16N2O4S. The molecule has 2 rings (SSSR count). The van der Waals surface area contributed by atoms with E-state index in [1.54, 1.807) is 18.4 Å². The predicted octanol–water partition coefficient (Wildman–Crippen LogP) is 0.0997. The Bertz CT molecular complexity index is 472. The van der Waals surface area contributed by atoms with Crippen molar-refractivity contribution in [2.75, 3.05) is 6.54 Å². The fourth-order valence-electron chi connectivity index (χ4n) is 2.52. The molecule has 2 aliphatic heterocycles. The van der Waals surface area contributed by atoms with E-state index in [1.807, 2.05) is 0 Å². The van der Waals surface area contributed by atoms with Gasteiger partial charge in [0.1, 0.15) is 5.70 Å². The van der Waals surface area contributed by atoms with Crippen LogP contribution >= 0.6 is 11.8 Å². The number of nitrogens with two attached hydrogens (primary N) is 1. The van der Waals surface area contributed by atoms with Gasteiger partial charge in [-0.05, 0) is 12.3 Å². The van der Waals surface area contributed by atoms with Crippen molar-refractivity contribution in [2.24, 2.45) is 11.7 Å². The Morgan fingerprint density at radius 2 is 2.37 bits per heavy atom. The van der Waals surface area contributed by atoms with Gasteiger partial charge in [0.15, 0.2) is 0 Å². The van der Waals surface area contributed by atoms with Crippen molar-refractivity contribution in [3.63, 3.8) is 0 Å². The zero-order valence-electron chi connectivity index (χ0n) is 10.4. The average molecular weight is 284 g/mol. The molecule has 6 nitrogen and oxygen atoms in total. The Morgan fingerprint density at radius 3 is 2.89 bits per heavy atom. The van der Waals surface area contributed by atoms with Crippen LogP contribution in [0.25, 0.3) is 0 Å². The second kappa shape index (κ2) is 5.36. The van der Waals surface area contributed by atoms with Crippen molar-refractivity contribution < 1.29 is 19.8 Å². The van der Waals surface area contributed by atoms with Crippen molar-refractivity contribution in [1.82, 2.24) is 4.90 Å². The molecule has 104 valence electrons. The molecule has 1 saturated heterocycles. The van der Waals surface area contributed by atoms with Crippen molar-refractivity contribution >= 4 is 23.6 Å². The number of aliphatic hydroxyl groups is 1. The second-order valence-electron chi connectivity index (χ2n) is 4.55. The summed E-state index contributed by atoms with van der Waals surface area (Å²) in [5.74, 6) is -1.91. The molecular weight excluding hydrogens is 268 g/mol. The van der Waals surface area contributed by atoms with Crippen LogP contribution in [0.2, 0.25) is 0 Å². The van der Waals surface area contributed by atoms with Crippen molar-refractivity contribution in [3.05, 3.63) is 22.1 Å². The number of nitrogens with zero attached hydrogens (tertiary/aromatic N) is 1. The molecule has 19 heavy (non-hydrogen) atoms. The Morgan fingerprint density at radius 1 is 1.68 bits per heavy atom. The Balaban J connectivity index is 2.21. The molecule has 0 aromatic rings. The molecule has 0 radical (unpaired) electrons. The molecule has 3 atom stereocenters. The van der Waals surface area contributed by atoms with E-state index in [-0.39, 0.29) is 17.6 Å². The number of fused-ring (bicyclic) bond motifs is 1. The van der Waals surface area contributed by atoms with Crippen LogP contribution in [-0.2, 0) is 9.59 Å². The molecule has 1 amide bonds. The SMILES string of the molecule is C[C@@H](O)[C@H]1C(=O)N2C(C(=O)O)=C(SC=CCN)C[C@H]12. The van der Waals surface area contributed by atoms with E-state index in [0.29, 0.717) is 17.9 Å². The predicted molar refractivity (Wildman–Crippen MR) is 70.9 cm³/mol. The lowest BCUT2D eigenvalue weighted by Crippen LogP contribution is -2.61. The van der Waals surface area contributed by atoms with E-state index in [9.17, 15) is 19.8 Å². The molecule has 2 heterocycles. The molecule has 0 saturated carbocycles. The van der Waals surface area contributed by atoms with Gasteiger partial charge in [0.05, 0.1) is 18.1 Å². The highest BCUT2D eigenvalue weighted by molar-refractivity contribution is 8.05. The average Bonchev–Trinajstić information content (AvgIpc) is 2.64. The van der Waals surface area contributed by atoms with Gasteiger partial charge in [0.25, 0.3) is 0 Å². The van der Waals surface area contributed by atoms with E-state index in [1.165, 1.54) is 16.7 Å². The van der Waals surface area contributed by atoms with Crippen LogP contribution < -0.4 is 5.73 Å². The summed E-state index contributed by atoms with van der Waals surface area (Å²) in [7, 11) is 0. The number of hydrogen-bond donors (Lipinski definition) is 3. The lowest BCUT2D eigenvalue weighted by atomic mass is 9.83. The van der Waals surface area contributed by atoms with E-state index in [2.05, 4.69) is 0 Å². The maximum Gasteiger partial charge on any atom is 0.353 e. The quantitative estimate of drug-likeness (QED) is 0.619. The highest BCUT2D eigenvalue weighted by Gasteiger charge is 2.56. The largest absolute Gasteiger partial charge is 0.477 e. The number of carbonyl (C=O) groups excluding carboxylic acids is 1. The third kappa shape index (κ3) is 2.29. The van der Waals surface area contributed by atoms with Gasteiger partial charge in [0, 0.05) is 17.9 Å². The molecule has 0 aromatic heterocycles. The minimum Gasteiger partial charge on any atom is -0.477 e. The first-order valence-corrected chi connectivity index (χ1v) is 6.86. The van der Waals surface area contributed by atoms with Gasteiger partial charge in [-0.2, -0.15) is 0 Å². The number of rotatable bonds is 5. The first-order valence-electron chi connectivity index (χ1n) is 5.98. The standard InChI is InChI=1S/C12H16N2O4S/c1-6(15)9-7-5-8(19-4-2-3-13)10(12(17)18)14(7)11(9)16/h2,4,6-7,9,15H,3,5,13H2,1H3,(H,17,18)/t6-,7-,9-/m1/s1. The number of carboxylic acid groups (broad SMARTS) is 1. The van der Waals surface area contributed by atoms with Crippen molar-refractivity contribution in [3.8, 4) is 0 Å². The van der Waals surface area contributed by atoms with Crippen molar-refractivity contribution in [2.45, 2.75) is 25.5 Å². The van der Waals surface area contributed by atoms with Gasteiger partial charge < -0.3 is 20.8 Å². The zero-order valence-corrected chi connectivity index (χ0v) is 11.3. The van der Waals surface area contributed by atoms with E-state index >= 15 is 0 Å². The maximum absolute atomic E-state index is 11.9. The van der Waals surface area contributed by atoms with Gasteiger partial charge >= 0.3 is 5.97 Å². The van der Waals surface area contributed by atoms with Crippen LogP contribution in [-0.4, -0.2) is 45.7 Å². The molecule has 7 heteroatoms. The molecule has 0 aromatic carbocycles.